The molecule has 1 N–H and O–H groups in total. The van der Waals surface area contributed by atoms with Crippen molar-refractivity contribution in [2.24, 2.45) is 0 Å². The van der Waals surface area contributed by atoms with Crippen LogP contribution in [0.2, 0.25) is 0 Å². The molecule has 26 heavy (non-hydrogen) atoms. The average Bonchev–Trinajstić information content (AvgIpc) is 3.05. The highest BCUT2D eigenvalue weighted by atomic mass is 32.2. The van der Waals surface area contributed by atoms with E-state index in [2.05, 4.69) is 4.72 Å². The van der Waals surface area contributed by atoms with Gasteiger partial charge in [0.15, 0.2) is 6.61 Å². The van der Waals surface area contributed by atoms with Gasteiger partial charge in [0.2, 0.25) is 15.9 Å². The zero-order chi connectivity index (χ0) is 19.0. The van der Waals surface area contributed by atoms with E-state index in [1.165, 1.54) is 6.08 Å². The number of esters is 1. The molecule has 1 fully saturated rings. The molecule has 0 saturated carbocycles. The number of carbonyl (C=O) groups excluding carboxylic acids is 3. The van der Waals surface area contributed by atoms with Gasteiger partial charge in [-0.05, 0) is 18.1 Å². The lowest BCUT2D eigenvalue weighted by Gasteiger charge is -2.13. The maximum Gasteiger partial charge on any atom is 0.307 e. The summed E-state index contributed by atoms with van der Waals surface area (Å²) >= 11 is 0. The van der Waals surface area contributed by atoms with Crippen molar-refractivity contribution < 1.29 is 27.5 Å². The topological polar surface area (TPSA) is 110 Å². The minimum absolute atomic E-state index is 0.156. The minimum Gasteiger partial charge on any atom is -0.456 e. The lowest BCUT2D eigenvalue weighted by Crippen LogP contribution is -2.35. The van der Waals surface area contributed by atoms with Crippen molar-refractivity contribution in [2.75, 3.05) is 19.7 Å². The van der Waals surface area contributed by atoms with E-state index in [4.69, 9.17) is 4.74 Å². The number of nitrogens with zero attached hydrogens (tertiary/aromatic N) is 1. The van der Waals surface area contributed by atoms with E-state index in [9.17, 15) is 22.8 Å². The Labute approximate surface area is 151 Å². The fourth-order valence-electron chi connectivity index (χ4n) is 2.28. The Bertz CT molecular complexity index is 789. The molecule has 9 heteroatoms. The standard InChI is InChI=1S/C17H20N2O6S/c20-15-7-4-11-19(15)16(21)13-25-17(22)8-10-18-26(23,24)12-9-14-5-2-1-3-6-14/h1-3,5-6,9,12,18H,4,7-8,10-11,13H2/b12-9+. The van der Waals surface area contributed by atoms with Crippen LogP contribution in [0.4, 0.5) is 0 Å². The molecule has 0 aliphatic carbocycles. The first-order valence-electron chi connectivity index (χ1n) is 8.09. The summed E-state index contributed by atoms with van der Waals surface area (Å²) in [5, 5.41) is 1.01. The van der Waals surface area contributed by atoms with Gasteiger partial charge >= 0.3 is 5.97 Å². The van der Waals surface area contributed by atoms with Crippen LogP contribution in [-0.4, -0.2) is 50.8 Å². The molecule has 1 aromatic rings. The van der Waals surface area contributed by atoms with Crippen LogP contribution < -0.4 is 4.72 Å². The third kappa shape index (κ3) is 6.41. The quantitative estimate of drug-likeness (QED) is 0.664. The molecule has 8 nitrogen and oxygen atoms in total. The number of sulfonamides is 1. The Balaban J connectivity index is 1.69. The first-order valence-corrected chi connectivity index (χ1v) is 9.63. The average molecular weight is 380 g/mol. The number of imide groups is 1. The molecule has 2 amide bonds. The van der Waals surface area contributed by atoms with Crippen LogP contribution in [0.15, 0.2) is 35.7 Å². The number of amides is 2. The maximum absolute atomic E-state index is 11.8. The molecular formula is C17H20N2O6S. The molecule has 1 aliphatic rings. The van der Waals surface area contributed by atoms with Crippen LogP contribution >= 0.6 is 0 Å². The van der Waals surface area contributed by atoms with E-state index >= 15 is 0 Å². The Morgan fingerprint density at radius 1 is 1.23 bits per heavy atom. The molecular weight excluding hydrogens is 360 g/mol. The van der Waals surface area contributed by atoms with Crippen molar-refractivity contribution in [3.63, 3.8) is 0 Å². The predicted octanol–water partition coefficient (Wildman–Crippen LogP) is 0.659. The van der Waals surface area contributed by atoms with Gasteiger partial charge in [0.25, 0.3) is 5.91 Å². The second-order valence-electron chi connectivity index (χ2n) is 5.61. The third-order valence-corrected chi connectivity index (χ3v) is 4.70. The van der Waals surface area contributed by atoms with Gasteiger partial charge in [-0.3, -0.25) is 19.3 Å². The van der Waals surface area contributed by atoms with Crippen LogP contribution in [0.25, 0.3) is 6.08 Å². The smallest absolute Gasteiger partial charge is 0.307 e. The van der Waals surface area contributed by atoms with E-state index in [1.807, 2.05) is 6.07 Å². The number of benzene rings is 1. The number of carbonyl (C=O) groups is 3. The zero-order valence-electron chi connectivity index (χ0n) is 14.1. The molecule has 140 valence electrons. The number of ether oxygens (including phenoxy) is 1. The van der Waals surface area contributed by atoms with Gasteiger partial charge in [-0.2, -0.15) is 0 Å². The first-order chi connectivity index (χ1) is 12.4. The monoisotopic (exact) mass is 380 g/mol. The van der Waals surface area contributed by atoms with Crippen LogP contribution in [0.5, 0.6) is 0 Å². The highest BCUT2D eigenvalue weighted by molar-refractivity contribution is 7.92. The Kier molecular flexibility index (Phi) is 7.05. The second-order valence-corrected chi connectivity index (χ2v) is 7.26. The summed E-state index contributed by atoms with van der Waals surface area (Å²) in [5.41, 5.74) is 0.729. The van der Waals surface area contributed by atoms with Crippen molar-refractivity contribution in [1.82, 2.24) is 9.62 Å². The summed E-state index contributed by atoms with van der Waals surface area (Å²) < 4.78 is 30.6. The van der Waals surface area contributed by atoms with Gasteiger partial charge in [-0.1, -0.05) is 30.3 Å². The van der Waals surface area contributed by atoms with Crippen molar-refractivity contribution >= 4 is 33.9 Å². The van der Waals surface area contributed by atoms with Crippen LogP contribution in [0, 0.1) is 0 Å². The number of hydrogen-bond acceptors (Lipinski definition) is 6. The maximum atomic E-state index is 11.8. The van der Waals surface area contributed by atoms with Crippen molar-refractivity contribution in [2.45, 2.75) is 19.3 Å². The van der Waals surface area contributed by atoms with Gasteiger partial charge < -0.3 is 4.74 Å². The van der Waals surface area contributed by atoms with Gasteiger partial charge in [-0.25, -0.2) is 13.1 Å². The lowest BCUT2D eigenvalue weighted by molar-refractivity contribution is -0.154. The molecule has 0 unspecified atom stereocenters. The van der Waals surface area contributed by atoms with Crippen molar-refractivity contribution in [3.8, 4) is 0 Å². The van der Waals surface area contributed by atoms with Gasteiger partial charge in [0.1, 0.15) is 0 Å². The third-order valence-electron chi connectivity index (χ3n) is 3.60. The van der Waals surface area contributed by atoms with E-state index in [1.54, 1.807) is 24.3 Å². The molecule has 2 rings (SSSR count). The lowest BCUT2D eigenvalue weighted by atomic mass is 10.2. The van der Waals surface area contributed by atoms with Crippen molar-refractivity contribution in [1.29, 1.82) is 0 Å². The van der Waals surface area contributed by atoms with E-state index in [0.717, 1.165) is 15.9 Å². The zero-order valence-corrected chi connectivity index (χ0v) is 14.9. The Morgan fingerprint density at radius 2 is 1.96 bits per heavy atom. The molecule has 0 aromatic heterocycles. The molecule has 1 aliphatic heterocycles. The Hall–Kier alpha value is -2.52. The normalized spacial score (nSPS) is 14.8. The van der Waals surface area contributed by atoms with Gasteiger partial charge in [0.05, 0.1) is 6.42 Å². The molecule has 1 heterocycles. The molecule has 0 radical (unpaired) electrons. The molecule has 0 atom stereocenters. The molecule has 0 spiro atoms. The fraction of sp³-hybridized carbons (Fsp3) is 0.353. The summed E-state index contributed by atoms with van der Waals surface area (Å²) in [4.78, 5) is 35.7. The summed E-state index contributed by atoms with van der Waals surface area (Å²) in [6.45, 7) is -0.342. The molecule has 1 saturated heterocycles. The number of rotatable bonds is 8. The number of hydrogen-bond donors (Lipinski definition) is 1. The SMILES string of the molecule is O=C(CCNS(=O)(=O)/C=C/c1ccccc1)OCC(=O)N1CCCC1=O. The minimum atomic E-state index is -3.69. The largest absolute Gasteiger partial charge is 0.456 e. The van der Waals surface area contributed by atoms with Crippen LogP contribution in [0.3, 0.4) is 0 Å². The number of nitrogens with one attached hydrogen (secondary N) is 1. The van der Waals surface area contributed by atoms with Crippen molar-refractivity contribution in [3.05, 3.63) is 41.3 Å². The highest BCUT2D eigenvalue weighted by Crippen LogP contribution is 2.09. The first kappa shape index (κ1) is 19.8. The van der Waals surface area contributed by atoms with E-state index in [0.29, 0.717) is 19.4 Å². The molecule has 1 aromatic carbocycles. The van der Waals surface area contributed by atoms with Gasteiger partial charge in [0, 0.05) is 24.9 Å². The number of likely N-dealkylation sites (tertiary alicyclic amines) is 1. The van der Waals surface area contributed by atoms with E-state index in [-0.39, 0.29) is 18.9 Å². The predicted molar refractivity (Wildman–Crippen MR) is 93.9 cm³/mol. The fourth-order valence-corrected chi connectivity index (χ4v) is 3.10. The highest BCUT2D eigenvalue weighted by Gasteiger charge is 2.26. The van der Waals surface area contributed by atoms with Crippen LogP contribution in [-0.2, 0) is 29.1 Å². The van der Waals surface area contributed by atoms with Gasteiger partial charge in [-0.15, -0.1) is 0 Å². The Morgan fingerprint density at radius 3 is 2.62 bits per heavy atom. The van der Waals surface area contributed by atoms with E-state index < -0.39 is 28.5 Å². The summed E-state index contributed by atoms with van der Waals surface area (Å²) in [5.74, 6) is -1.56. The van der Waals surface area contributed by atoms with Crippen LogP contribution in [0.1, 0.15) is 24.8 Å². The summed E-state index contributed by atoms with van der Waals surface area (Å²) in [7, 11) is -3.69. The molecule has 0 bridgehead atoms. The summed E-state index contributed by atoms with van der Waals surface area (Å²) in [6.07, 6.45) is 2.14. The summed E-state index contributed by atoms with van der Waals surface area (Å²) in [6, 6.07) is 8.90. The second kappa shape index (κ2) is 9.25.